The van der Waals surface area contributed by atoms with E-state index >= 15 is 0 Å². The van der Waals surface area contributed by atoms with Crippen molar-refractivity contribution >= 4 is 0 Å². The first-order valence-electron chi connectivity index (χ1n) is 6.49. The van der Waals surface area contributed by atoms with Gasteiger partial charge >= 0.3 is 0 Å². The van der Waals surface area contributed by atoms with Crippen LogP contribution in [-0.4, -0.2) is 37.2 Å². The van der Waals surface area contributed by atoms with Crippen LogP contribution in [0.2, 0.25) is 0 Å². The van der Waals surface area contributed by atoms with Gasteiger partial charge in [0.15, 0.2) is 0 Å². The summed E-state index contributed by atoms with van der Waals surface area (Å²) in [6.07, 6.45) is 1.79. The molecule has 2 bridgehead atoms. The van der Waals surface area contributed by atoms with Crippen molar-refractivity contribution in [3.63, 3.8) is 0 Å². The average molecular weight is 231 g/mol. The molecule has 3 atom stereocenters. The van der Waals surface area contributed by atoms with Gasteiger partial charge in [-0.15, -0.1) is 0 Å². The van der Waals surface area contributed by atoms with Crippen LogP contribution in [0.3, 0.4) is 0 Å². The maximum Gasteiger partial charge on any atom is 0.0993 e. The van der Waals surface area contributed by atoms with Crippen molar-refractivity contribution in [2.75, 3.05) is 26.3 Å². The largest absolute Gasteiger partial charge is 0.379 e. The summed E-state index contributed by atoms with van der Waals surface area (Å²) >= 11 is 0. The zero-order chi connectivity index (χ0) is 11.2. The van der Waals surface area contributed by atoms with Crippen LogP contribution >= 0.6 is 0 Å². The standard InChI is InChI=1S/C14H17NO2/c1-2-4-11-10(3-1)13-9-12(14(11)17-13)15-5-7-16-8-6-15/h1-4,12-14H,5-9H2/t12-,13+,14+/m1/s1. The number of rotatable bonds is 1. The number of fused-ring (bicyclic) bond motifs is 5. The van der Waals surface area contributed by atoms with E-state index in [1.165, 1.54) is 11.1 Å². The summed E-state index contributed by atoms with van der Waals surface area (Å²) in [6, 6.07) is 9.26. The van der Waals surface area contributed by atoms with E-state index in [1.807, 2.05) is 0 Å². The van der Waals surface area contributed by atoms with Crippen molar-refractivity contribution in [2.45, 2.75) is 24.7 Å². The molecule has 0 N–H and O–H groups in total. The molecule has 3 nitrogen and oxygen atoms in total. The molecule has 4 rings (SSSR count). The van der Waals surface area contributed by atoms with Crippen molar-refractivity contribution < 1.29 is 9.47 Å². The summed E-state index contributed by atoms with van der Waals surface area (Å²) in [5.41, 5.74) is 2.84. The summed E-state index contributed by atoms with van der Waals surface area (Å²) in [5.74, 6) is 0. The normalized spacial score (nSPS) is 36.1. The number of ether oxygens (including phenoxy) is 2. The van der Waals surface area contributed by atoms with Gasteiger partial charge in [-0.1, -0.05) is 24.3 Å². The first-order valence-corrected chi connectivity index (χ1v) is 6.49. The molecule has 3 heterocycles. The van der Waals surface area contributed by atoms with Crippen LogP contribution in [0, 0.1) is 0 Å². The summed E-state index contributed by atoms with van der Waals surface area (Å²) in [4.78, 5) is 2.55. The molecular weight excluding hydrogens is 214 g/mol. The predicted molar refractivity (Wildman–Crippen MR) is 63.8 cm³/mol. The van der Waals surface area contributed by atoms with Crippen LogP contribution < -0.4 is 0 Å². The van der Waals surface area contributed by atoms with Gasteiger partial charge in [-0.05, 0) is 17.5 Å². The van der Waals surface area contributed by atoms with Crippen molar-refractivity contribution in [2.24, 2.45) is 0 Å². The molecule has 17 heavy (non-hydrogen) atoms. The predicted octanol–water partition coefficient (Wildman–Crippen LogP) is 1.90. The zero-order valence-corrected chi connectivity index (χ0v) is 9.84. The van der Waals surface area contributed by atoms with Crippen molar-refractivity contribution in [3.8, 4) is 0 Å². The Hall–Kier alpha value is -0.900. The Morgan fingerprint density at radius 2 is 1.82 bits per heavy atom. The van der Waals surface area contributed by atoms with Gasteiger partial charge in [0.05, 0.1) is 25.4 Å². The lowest BCUT2D eigenvalue weighted by Gasteiger charge is -2.35. The maximum atomic E-state index is 6.13. The fraction of sp³-hybridized carbons (Fsp3) is 0.571. The minimum Gasteiger partial charge on any atom is -0.379 e. The number of hydrogen-bond acceptors (Lipinski definition) is 3. The van der Waals surface area contributed by atoms with Crippen LogP contribution in [0.15, 0.2) is 24.3 Å². The maximum absolute atomic E-state index is 6.13. The highest BCUT2D eigenvalue weighted by Crippen LogP contribution is 2.52. The van der Waals surface area contributed by atoms with Crippen LogP contribution in [-0.2, 0) is 9.47 Å². The molecule has 2 fully saturated rings. The first kappa shape index (κ1) is 10.1. The number of benzene rings is 1. The number of hydrogen-bond donors (Lipinski definition) is 0. The molecule has 3 aliphatic heterocycles. The van der Waals surface area contributed by atoms with E-state index in [1.54, 1.807) is 0 Å². The van der Waals surface area contributed by atoms with E-state index in [-0.39, 0.29) is 0 Å². The van der Waals surface area contributed by atoms with Crippen molar-refractivity contribution in [3.05, 3.63) is 35.4 Å². The van der Waals surface area contributed by atoms with E-state index in [2.05, 4.69) is 29.2 Å². The number of morpholine rings is 1. The molecular formula is C14H17NO2. The molecule has 1 aromatic rings. The average Bonchev–Trinajstić information content (AvgIpc) is 2.99. The third-order valence-electron chi connectivity index (χ3n) is 4.28. The smallest absolute Gasteiger partial charge is 0.0993 e. The molecule has 3 heteroatoms. The van der Waals surface area contributed by atoms with E-state index in [0.717, 1.165) is 32.7 Å². The van der Waals surface area contributed by atoms with Crippen LogP contribution in [0.5, 0.6) is 0 Å². The van der Waals surface area contributed by atoms with Gasteiger partial charge in [-0.3, -0.25) is 4.90 Å². The molecule has 0 saturated carbocycles. The lowest BCUT2D eigenvalue weighted by Crippen LogP contribution is -2.45. The Morgan fingerprint density at radius 1 is 1.06 bits per heavy atom. The monoisotopic (exact) mass is 231 g/mol. The van der Waals surface area contributed by atoms with E-state index in [9.17, 15) is 0 Å². The molecule has 2 saturated heterocycles. The number of nitrogens with zero attached hydrogens (tertiary/aromatic N) is 1. The van der Waals surface area contributed by atoms with Crippen molar-refractivity contribution in [1.82, 2.24) is 4.90 Å². The van der Waals surface area contributed by atoms with Crippen LogP contribution in [0.25, 0.3) is 0 Å². The molecule has 90 valence electrons. The van der Waals surface area contributed by atoms with Gasteiger partial charge in [0.1, 0.15) is 0 Å². The summed E-state index contributed by atoms with van der Waals surface area (Å²) in [7, 11) is 0. The first-order chi connectivity index (χ1) is 8.43. The molecule has 0 amide bonds. The Kier molecular flexibility index (Phi) is 2.25. The topological polar surface area (TPSA) is 21.7 Å². The SMILES string of the molecule is c1ccc2c(c1)[C@@H]1C[C@@H](N3CCOCC3)[C@H]2O1. The van der Waals surface area contributed by atoms with Gasteiger partial charge in [-0.2, -0.15) is 0 Å². The highest BCUT2D eigenvalue weighted by atomic mass is 16.5. The van der Waals surface area contributed by atoms with Crippen LogP contribution in [0.4, 0.5) is 0 Å². The minimum absolute atomic E-state index is 0.300. The Labute approximate surface area is 101 Å². The second kappa shape index (κ2) is 3.80. The zero-order valence-electron chi connectivity index (χ0n) is 9.84. The van der Waals surface area contributed by atoms with Gasteiger partial charge < -0.3 is 9.47 Å². The summed E-state index contributed by atoms with van der Waals surface area (Å²) in [6.45, 7) is 3.85. The molecule has 0 unspecified atom stereocenters. The molecule has 0 aliphatic carbocycles. The van der Waals surface area contributed by atoms with Crippen LogP contribution in [0.1, 0.15) is 29.8 Å². The second-order valence-corrected chi connectivity index (χ2v) is 5.13. The lowest BCUT2D eigenvalue weighted by molar-refractivity contribution is -0.00843. The third kappa shape index (κ3) is 1.46. The third-order valence-corrected chi connectivity index (χ3v) is 4.28. The van der Waals surface area contributed by atoms with E-state index in [4.69, 9.17) is 9.47 Å². The highest BCUT2D eigenvalue weighted by molar-refractivity contribution is 5.38. The van der Waals surface area contributed by atoms with Gasteiger partial charge in [-0.25, -0.2) is 0 Å². The summed E-state index contributed by atoms with van der Waals surface area (Å²) in [5, 5.41) is 0. The Morgan fingerprint density at radius 3 is 2.65 bits per heavy atom. The highest BCUT2D eigenvalue weighted by Gasteiger charge is 2.47. The molecule has 0 radical (unpaired) electrons. The molecule has 1 aromatic carbocycles. The van der Waals surface area contributed by atoms with Gasteiger partial charge in [0, 0.05) is 19.1 Å². The second-order valence-electron chi connectivity index (χ2n) is 5.13. The fourth-order valence-electron chi connectivity index (χ4n) is 3.46. The molecule has 3 aliphatic rings. The minimum atomic E-state index is 0.300. The quantitative estimate of drug-likeness (QED) is 0.737. The van der Waals surface area contributed by atoms with Gasteiger partial charge in [0.2, 0.25) is 0 Å². The summed E-state index contributed by atoms with van der Waals surface area (Å²) < 4.78 is 11.6. The Balaban J connectivity index is 1.62. The van der Waals surface area contributed by atoms with Gasteiger partial charge in [0.25, 0.3) is 0 Å². The lowest BCUT2D eigenvalue weighted by atomic mass is 9.87. The Bertz CT molecular complexity index is 428. The molecule has 0 spiro atoms. The van der Waals surface area contributed by atoms with E-state index in [0.29, 0.717) is 18.2 Å². The fourth-order valence-corrected chi connectivity index (χ4v) is 3.46. The van der Waals surface area contributed by atoms with E-state index < -0.39 is 0 Å². The van der Waals surface area contributed by atoms with Crippen molar-refractivity contribution in [1.29, 1.82) is 0 Å². The molecule has 0 aromatic heterocycles.